The lowest BCUT2D eigenvalue weighted by atomic mass is 9.69. The quantitative estimate of drug-likeness (QED) is 0.721. The second kappa shape index (κ2) is 4.77. The van der Waals surface area contributed by atoms with Gasteiger partial charge < -0.3 is 4.74 Å². The maximum absolute atomic E-state index is 6.43. The molecule has 2 aromatic carbocycles. The number of hydrogen-bond acceptors (Lipinski definition) is 1. The van der Waals surface area contributed by atoms with Crippen molar-refractivity contribution < 1.29 is 4.74 Å². The summed E-state index contributed by atoms with van der Waals surface area (Å²) < 4.78 is 6.43. The van der Waals surface area contributed by atoms with Gasteiger partial charge in [-0.15, -0.1) is 0 Å². The van der Waals surface area contributed by atoms with Gasteiger partial charge >= 0.3 is 0 Å². The summed E-state index contributed by atoms with van der Waals surface area (Å²) in [4.78, 5) is 0. The van der Waals surface area contributed by atoms with Crippen LogP contribution in [0.4, 0.5) is 0 Å². The Bertz CT molecular complexity index is 686. The Morgan fingerprint density at radius 2 is 1.76 bits per heavy atom. The van der Waals surface area contributed by atoms with E-state index in [0.717, 1.165) is 25.0 Å². The van der Waals surface area contributed by atoms with E-state index in [1.54, 1.807) is 0 Å². The van der Waals surface area contributed by atoms with Crippen LogP contribution in [0.2, 0.25) is 0 Å². The average Bonchev–Trinajstić information content (AvgIpc) is 2.52. The summed E-state index contributed by atoms with van der Waals surface area (Å²) in [5.74, 6) is 1.52. The Labute approximate surface area is 126 Å². The molecule has 1 heterocycles. The molecule has 21 heavy (non-hydrogen) atoms. The van der Waals surface area contributed by atoms with E-state index < -0.39 is 0 Å². The number of hydrogen-bond donors (Lipinski definition) is 0. The minimum Gasteiger partial charge on any atom is -0.487 e. The van der Waals surface area contributed by atoms with Gasteiger partial charge in [-0.1, -0.05) is 54.6 Å². The molecular formula is C20H20O. The summed E-state index contributed by atoms with van der Waals surface area (Å²) in [5.41, 5.74) is 4.06. The molecule has 0 spiro atoms. The third-order valence-corrected chi connectivity index (χ3v) is 4.96. The van der Waals surface area contributed by atoms with E-state index in [2.05, 4.69) is 67.6 Å². The Morgan fingerprint density at radius 3 is 2.62 bits per heavy atom. The first kappa shape index (κ1) is 12.7. The molecule has 106 valence electrons. The fraction of sp³-hybridized carbons (Fsp3) is 0.300. The van der Waals surface area contributed by atoms with Crippen molar-refractivity contribution in [3.63, 3.8) is 0 Å². The molecule has 4 rings (SSSR count). The highest BCUT2D eigenvalue weighted by atomic mass is 16.5. The van der Waals surface area contributed by atoms with Crippen LogP contribution in [-0.2, 0) is 6.42 Å². The molecule has 2 aliphatic rings. The summed E-state index contributed by atoms with van der Waals surface area (Å²) in [6.45, 7) is 2.28. The Kier molecular flexibility index (Phi) is 2.88. The van der Waals surface area contributed by atoms with Gasteiger partial charge in [-0.25, -0.2) is 0 Å². The zero-order chi connectivity index (χ0) is 14.3. The third-order valence-electron chi connectivity index (χ3n) is 4.96. The first-order chi connectivity index (χ1) is 10.3. The van der Waals surface area contributed by atoms with E-state index in [-0.39, 0.29) is 5.60 Å². The molecule has 0 aromatic heterocycles. The van der Waals surface area contributed by atoms with E-state index in [1.807, 2.05) is 0 Å². The van der Waals surface area contributed by atoms with Crippen molar-refractivity contribution in [3.05, 3.63) is 71.8 Å². The number of allylic oxidation sites excluding steroid dienone is 1. The maximum Gasteiger partial charge on any atom is 0.123 e. The molecule has 0 saturated heterocycles. The number of benzene rings is 2. The standard InChI is InChI=1S/C20H20O/c1-20-13-7-11-17(15-8-3-2-4-9-15)18(20)14-16-10-5-6-12-19(16)21-20/h2-6,8-12,18H,7,13-14H2,1H3/t18-,20-/m0/s1. The van der Waals surface area contributed by atoms with E-state index in [9.17, 15) is 0 Å². The molecule has 0 N–H and O–H groups in total. The highest BCUT2D eigenvalue weighted by Gasteiger charge is 2.44. The highest BCUT2D eigenvalue weighted by Crippen LogP contribution is 2.48. The molecule has 0 amide bonds. The molecule has 0 saturated carbocycles. The van der Waals surface area contributed by atoms with Crippen molar-refractivity contribution in [2.24, 2.45) is 5.92 Å². The molecule has 1 aliphatic heterocycles. The molecule has 0 bridgehead atoms. The SMILES string of the molecule is C[C@]12CCC=C(c3ccccc3)[C@@H]1Cc1ccccc1O2. The van der Waals surface area contributed by atoms with Gasteiger partial charge in [0.25, 0.3) is 0 Å². The maximum atomic E-state index is 6.43. The third kappa shape index (κ3) is 2.08. The number of fused-ring (bicyclic) bond motifs is 2. The predicted molar refractivity (Wildman–Crippen MR) is 86.3 cm³/mol. The van der Waals surface area contributed by atoms with Gasteiger partial charge in [0.1, 0.15) is 11.4 Å². The molecule has 0 radical (unpaired) electrons. The first-order valence-corrected chi connectivity index (χ1v) is 7.79. The zero-order valence-corrected chi connectivity index (χ0v) is 12.4. The van der Waals surface area contributed by atoms with Gasteiger partial charge in [-0.3, -0.25) is 0 Å². The van der Waals surface area contributed by atoms with E-state index in [4.69, 9.17) is 4.74 Å². The van der Waals surface area contributed by atoms with E-state index in [1.165, 1.54) is 16.7 Å². The van der Waals surface area contributed by atoms with Crippen LogP contribution in [0.15, 0.2) is 60.7 Å². The highest BCUT2D eigenvalue weighted by molar-refractivity contribution is 5.70. The van der Waals surface area contributed by atoms with Crippen molar-refractivity contribution in [2.75, 3.05) is 0 Å². The lowest BCUT2D eigenvalue weighted by molar-refractivity contribution is 0.0222. The fourth-order valence-electron chi connectivity index (χ4n) is 3.80. The fourth-order valence-corrected chi connectivity index (χ4v) is 3.80. The minimum absolute atomic E-state index is 0.0751. The summed E-state index contributed by atoms with van der Waals surface area (Å²) in [6, 6.07) is 19.3. The molecule has 1 aliphatic carbocycles. The van der Waals surface area contributed by atoms with Crippen LogP contribution in [0.3, 0.4) is 0 Å². The predicted octanol–water partition coefficient (Wildman–Crippen LogP) is 4.87. The lowest BCUT2D eigenvalue weighted by Gasteiger charge is -2.46. The average molecular weight is 276 g/mol. The van der Waals surface area contributed by atoms with Crippen molar-refractivity contribution in [3.8, 4) is 5.75 Å². The summed E-state index contributed by atoms with van der Waals surface area (Å²) >= 11 is 0. The molecule has 2 aromatic rings. The molecular weight excluding hydrogens is 256 g/mol. The van der Waals surface area contributed by atoms with E-state index in [0.29, 0.717) is 5.92 Å². The van der Waals surface area contributed by atoms with Crippen LogP contribution in [0.25, 0.3) is 5.57 Å². The van der Waals surface area contributed by atoms with Crippen LogP contribution in [-0.4, -0.2) is 5.60 Å². The smallest absolute Gasteiger partial charge is 0.123 e. The molecule has 2 atom stereocenters. The second-order valence-corrected chi connectivity index (χ2v) is 6.34. The van der Waals surface area contributed by atoms with Crippen LogP contribution in [0.5, 0.6) is 5.75 Å². The van der Waals surface area contributed by atoms with E-state index >= 15 is 0 Å². The van der Waals surface area contributed by atoms with Crippen molar-refractivity contribution in [2.45, 2.75) is 31.8 Å². The lowest BCUT2D eigenvalue weighted by Crippen LogP contribution is -2.46. The van der Waals surface area contributed by atoms with Crippen LogP contribution in [0.1, 0.15) is 30.9 Å². The van der Waals surface area contributed by atoms with Crippen molar-refractivity contribution in [1.82, 2.24) is 0 Å². The number of rotatable bonds is 1. The van der Waals surface area contributed by atoms with Crippen molar-refractivity contribution in [1.29, 1.82) is 0 Å². The number of para-hydroxylation sites is 1. The van der Waals surface area contributed by atoms with Gasteiger partial charge in [0.2, 0.25) is 0 Å². The first-order valence-electron chi connectivity index (χ1n) is 7.79. The Balaban J connectivity index is 1.78. The van der Waals surface area contributed by atoms with Gasteiger partial charge in [-0.2, -0.15) is 0 Å². The largest absolute Gasteiger partial charge is 0.487 e. The zero-order valence-electron chi connectivity index (χ0n) is 12.4. The van der Waals surface area contributed by atoms with Gasteiger partial charge in [0, 0.05) is 5.92 Å². The number of ether oxygens (including phenoxy) is 1. The van der Waals surface area contributed by atoms with Gasteiger partial charge in [-0.05, 0) is 49.0 Å². The second-order valence-electron chi connectivity index (χ2n) is 6.34. The van der Waals surface area contributed by atoms with Crippen molar-refractivity contribution >= 4 is 5.57 Å². The van der Waals surface area contributed by atoms with Crippen LogP contribution in [0, 0.1) is 5.92 Å². The molecule has 1 heteroatoms. The molecule has 0 fully saturated rings. The van der Waals surface area contributed by atoms with Gasteiger partial charge in [0.05, 0.1) is 0 Å². The van der Waals surface area contributed by atoms with Crippen LogP contribution < -0.4 is 4.74 Å². The monoisotopic (exact) mass is 276 g/mol. The normalized spacial score (nSPS) is 27.1. The summed E-state index contributed by atoms with van der Waals surface area (Å²) in [7, 11) is 0. The summed E-state index contributed by atoms with van der Waals surface area (Å²) in [6.07, 6.45) is 5.69. The van der Waals surface area contributed by atoms with Gasteiger partial charge in [0.15, 0.2) is 0 Å². The summed E-state index contributed by atoms with van der Waals surface area (Å²) in [5, 5.41) is 0. The topological polar surface area (TPSA) is 9.23 Å². The van der Waals surface area contributed by atoms with Crippen LogP contribution >= 0.6 is 0 Å². The molecule has 0 unspecified atom stereocenters. The molecule has 1 nitrogen and oxygen atoms in total. The Hall–Kier alpha value is -2.02. The Morgan fingerprint density at radius 1 is 1.00 bits per heavy atom. The minimum atomic E-state index is -0.0751.